The lowest BCUT2D eigenvalue weighted by atomic mass is 10.1. The first kappa shape index (κ1) is 16.0. The van der Waals surface area contributed by atoms with E-state index in [0.29, 0.717) is 24.7 Å². The van der Waals surface area contributed by atoms with Crippen molar-refractivity contribution in [1.29, 1.82) is 0 Å². The number of methoxy groups -OCH3 is 1. The first-order valence-corrected chi connectivity index (χ1v) is 7.07. The molecule has 0 heterocycles. The van der Waals surface area contributed by atoms with Crippen LogP contribution in [0, 0.1) is 5.92 Å². The Kier molecular flexibility index (Phi) is 6.87. The molecule has 1 aromatic rings. The molecular formula is C14H20BrNO3. The Hall–Kier alpha value is -1.07. The second kappa shape index (κ2) is 8.17. The molecule has 0 aliphatic heterocycles. The molecule has 4 nitrogen and oxygen atoms in total. The van der Waals surface area contributed by atoms with Gasteiger partial charge in [0.05, 0.1) is 18.8 Å². The first-order valence-electron chi connectivity index (χ1n) is 6.28. The van der Waals surface area contributed by atoms with E-state index in [2.05, 4.69) is 28.2 Å². The van der Waals surface area contributed by atoms with Crippen molar-refractivity contribution in [2.45, 2.75) is 13.8 Å². The van der Waals surface area contributed by atoms with Crippen molar-refractivity contribution in [2.24, 2.45) is 5.92 Å². The van der Waals surface area contributed by atoms with Gasteiger partial charge in [-0.3, -0.25) is 0 Å². The van der Waals surface area contributed by atoms with Crippen LogP contribution in [0.1, 0.15) is 24.2 Å². The Bertz CT molecular complexity index is 423. The molecule has 106 valence electrons. The summed E-state index contributed by atoms with van der Waals surface area (Å²) >= 11 is 3.45. The highest BCUT2D eigenvalue weighted by molar-refractivity contribution is 9.10. The van der Waals surface area contributed by atoms with Gasteiger partial charge in [-0.15, -0.1) is 0 Å². The van der Waals surface area contributed by atoms with Crippen LogP contribution in [0.4, 0.5) is 5.69 Å². The molecule has 1 N–H and O–H groups in total. The lowest BCUT2D eigenvalue weighted by Gasteiger charge is -2.14. The summed E-state index contributed by atoms with van der Waals surface area (Å²) in [5, 5.41) is 3.32. The zero-order valence-corrected chi connectivity index (χ0v) is 13.1. The molecule has 0 saturated carbocycles. The molecule has 0 aliphatic carbocycles. The lowest BCUT2D eigenvalue weighted by molar-refractivity contribution is 0.0526. The van der Waals surface area contributed by atoms with Crippen LogP contribution >= 0.6 is 15.9 Å². The number of nitrogens with one attached hydrogen (secondary N) is 1. The Labute approximate surface area is 122 Å². The number of anilines is 1. The number of carbonyl (C=O) groups is 1. The molecule has 1 aromatic carbocycles. The van der Waals surface area contributed by atoms with Crippen molar-refractivity contribution < 1.29 is 14.3 Å². The van der Waals surface area contributed by atoms with E-state index in [1.54, 1.807) is 26.2 Å². The summed E-state index contributed by atoms with van der Waals surface area (Å²) < 4.78 is 10.9. The molecule has 0 saturated heterocycles. The van der Waals surface area contributed by atoms with E-state index in [-0.39, 0.29) is 5.97 Å². The molecule has 1 unspecified atom stereocenters. The van der Waals surface area contributed by atoms with E-state index in [0.717, 1.165) is 16.7 Å². The maximum absolute atomic E-state index is 11.6. The highest BCUT2D eigenvalue weighted by atomic mass is 79.9. The van der Waals surface area contributed by atoms with Gasteiger partial charge in [0.2, 0.25) is 0 Å². The maximum Gasteiger partial charge on any atom is 0.338 e. The predicted molar refractivity (Wildman–Crippen MR) is 79.6 cm³/mol. The Morgan fingerprint density at radius 1 is 1.47 bits per heavy atom. The maximum atomic E-state index is 11.6. The van der Waals surface area contributed by atoms with Gasteiger partial charge in [0, 0.05) is 23.8 Å². The normalized spacial score (nSPS) is 12.0. The fourth-order valence-corrected chi connectivity index (χ4v) is 2.15. The van der Waals surface area contributed by atoms with Gasteiger partial charge < -0.3 is 14.8 Å². The number of esters is 1. The minimum absolute atomic E-state index is 0.303. The van der Waals surface area contributed by atoms with Crippen molar-refractivity contribution in [2.75, 3.05) is 32.2 Å². The Morgan fingerprint density at radius 2 is 2.21 bits per heavy atom. The summed E-state index contributed by atoms with van der Waals surface area (Å²) in [5.41, 5.74) is 1.50. The van der Waals surface area contributed by atoms with Gasteiger partial charge in [-0.25, -0.2) is 4.79 Å². The molecule has 1 rings (SSSR count). The minimum Gasteiger partial charge on any atom is -0.462 e. The van der Waals surface area contributed by atoms with Crippen molar-refractivity contribution in [3.63, 3.8) is 0 Å². The fraction of sp³-hybridized carbons (Fsp3) is 0.500. The third-order valence-corrected chi connectivity index (χ3v) is 3.23. The van der Waals surface area contributed by atoms with E-state index in [1.165, 1.54) is 0 Å². The van der Waals surface area contributed by atoms with Gasteiger partial charge in [-0.05, 0) is 47.0 Å². The van der Waals surface area contributed by atoms with Gasteiger partial charge in [-0.1, -0.05) is 6.92 Å². The molecule has 0 aromatic heterocycles. The van der Waals surface area contributed by atoms with Gasteiger partial charge in [0.1, 0.15) is 0 Å². The van der Waals surface area contributed by atoms with Gasteiger partial charge in [0.25, 0.3) is 0 Å². The molecule has 0 spiro atoms. The number of hydrogen-bond donors (Lipinski definition) is 1. The Balaban J connectivity index is 2.64. The van der Waals surface area contributed by atoms with Gasteiger partial charge in [0.15, 0.2) is 0 Å². The summed E-state index contributed by atoms with van der Waals surface area (Å²) in [6, 6.07) is 5.39. The van der Waals surface area contributed by atoms with Gasteiger partial charge >= 0.3 is 5.97 Å². The summed E-state index contributed by atoms with van der Waals surface area (Å²) in [5.74, 6) is 0.115. The molecular weight excluding hydrogens is 310 g/mol. The molecule has 5 heteroatoms. The van der Waals surface area contributed by atoms with E-state index in [1.807, 2.05) is 6.07 Å². The number of benzene rings is 1. The molecule has 0 bridgehead atoms. The topological polar surface area (TPSA) is 47.6 Å². The van der Waals surface area contributed by atoms with Crippen LogP contribution in [0.15, 0.2) is 22.7 Å². The fourth-order valence-electron chi connectivity index (χ4n) is 1.63. The first-order chi connectivity index (χ1) is 9.08. The molecule has 19 heavy (non-hydrogen) atoms. The van der Waals surface area contributed by atoms with Crippen LogP contribution in [-0.2, 0) is 9.47 Å². The van der Waals surface area contributed by atoms with Crippen molar-refractivity contribution >= 4 is 27.6 Å². The minimum atomic E-state index is -0.303. The highest BCUT2D eigenvalue weighted by Crippen LogP contribution is 2.24. The van der Waals surface area contributed by atoms with Crippen LogP contribution in [0.3, 0.4) is 0 Å². The molecule has 0 amide bonds. The zero-order chi connectivity index (χ0) is 14.3. The molecule has 0 aliphatic rings. The second-order valence-electron chi connectivity index (χ2n) is 4.36. The van der Waals surface area contributed by atoms with Crippen LogP contribution < -0.4 is 5.32 Å². The lowest BCUT2D eigenvalue weighted by Crippen LogP contribution is -2.16. The van der Waals surface area contributed by atoms with Crippen LogP contribution in [0.5, 0.6) is 0 Å². The summed E-state index contributed by atoms with van der Waals surface area (Å²) in [6.07, 6.45) is 0. The van der Waals surface area contributed by atoms with Crippen LogP contribution in [0.2, 0.25) is 0 Å². The Morgan fingerprint density at radius 3 is 2.79 bits per heavy atom. The second-order valence-corrected chi connectivity index (χ2v) is 5.21. The summed E-state index contributed by atoms with van der Waals surface area (Å²) in [6.45, 7) is 5.80. The number of hydrogen-bond acceptors (Lipinski definition) is 4. The monoisotopic (exact) mass is 329 g/mol. The van der Waals surface area contributed by atoms with Crippen molar-refractivity contribution in [3.8, 4) is 0 Å². The quantitative estimate of drug-likeness (QED) is 0.779. The SMILES string of the molecule is CCOC(=O)c1ccc(NCC(C)COC)c(Br)c1. The van der Waals surface area contributed by atoms with E-state index in [9.17, 15) is 4.79 Å². The summed E-state index contributed by atoms with van der Waals surface area (Å²) in [4.78, 5) is 11.6. The van der Waals surface area contributed by atoms with E-state index in [4.69, 9.17) is 9.47 Å². The van der Waals surface area contributed by atoms with E-state index >= 15 is 0 Å². The van der Waals surface area contributed by atoms with E-state index < -0.39 is 0 Å². The van der Waals surface area contributed by atoms with Crippen molar-refractivity contribution in [1.82, 2.24) is 0 Å². The number of halogens is 1. The standard InChI is InChI=1S/C14H20BrNO3/c1-4-19-14(17)11-5-6-13(12(15)7-11)16-8-10(2)9-18-3/h5-7,10,16H,4,8-9H2,1-3H3. The average Bonchev–Trinajstić information content (AvgIpc) is 2.38. The third-order valence-electron chi connectivity index (χ3n) is 2.57. The molecule has 0 radical (unpaired) electrons. The number of carbonyl (C=O) groups excluding carboxylic acids is 1. The average molecular weight is 330 g/mol. The highest BCUT2D eigenvalue weighted by Gasteiger charge is 2.09. The van der Waals surface area contributed by atoms with Crippen LogP contribution in [0.25, 0.3) is 0 Å². The number of ether oxygens (including phenoxy) is 2. The predicted octanol–water partition coefficient (Wildman–Crippen LogP) is 3.32. The summed E-state index contributed by atoms with van der Waals surface area (Å²) in [7, 11) is 1.69. The molecule has 1 atom stereocenters. The zero-order valence-electron chi connectivity index (χ0n) is 11.5. The van der Waals surface area contributed by atoms with Crippen LogP contribution in [-0.4, -0.2) is 32.8 Å². The van der Waals surface area contributed by atoms with Crippen molar-refractivity contribution in [3.05, 3.63) is 28.2 Å². The molecule has 0 fully saturated rings. The smallest absolute Gasteiger partial charge is 0.338 e. The van der Waals surface area contributed by atoms with Gasteiger partial charge in [-0.2, -0.15) is 0 Å². The largest absolute Gasteiger partial charge is 0.462 e. The third kappa shape index (κ3) is 5.20. The number of rotatable bonds is 7.